The maximum Gasteiger partial charge on any atom is 0.305 e. The molecule has 4 nitrogen and oxygen atoms in total. The minimum absolute atomic E-state index is 0.0284. The highest BCUT2D eigenvalue weighted by molar-refractivity contribution is 14.1. The SMILES string of the molecule is O=C(O)CCN(C(=O)c1cc(Cl)ccc1I)C1CC1. The van der Waals surface area contributed by atoms with Crippen molar-refractivity contribution in [2.45, 2.75) is 25.3 Å². The number of carbonyl (C=O) groups is 2. The molecule has 1 saturated carbocycles. The summed E-state index contributed by atoms with van der Waals surface area (Å²) in [6.45, 7) is 0.251. The predicted octanol–water partition coefficient (Wildman–Crippen LogP) is 3.02. The fraction of sp³-hybridized carbons (Fsp3) is 0.385. The summed E-state index contributed by atoms with van der Waals surface area (Å²) in [6, 6.07) is 5.35. The molecule has 2 rings (SSSR count). The number of hydrogen-bond acceptors (Lipinski definition) is 2. The molecular formula is C13H13ClINO3. The van der Waals surface area contributed by atoms with Crippen molar-refractivity contribution in [1.29, 1.82) is 0 Å². The predicted molar refractivity (Wildman–Crippen MR) is 80.5 cm³/mol. The van der Waals surface area contributed by atoms with E-state index in [9.17, 15) is 9.59 Å². The summed E-state index contributed by atoms with van der Waals surface area (Å²) in [6.07, 6.45) is 1.87. The molecule has 0 heterocycles. The van der Waals surface area contributed by atoms with Gasteiger partial charge in [-0.2, -0.15) is 0 Å². The molecule has 0 atom stereocenters. The largest absolute Gasteiger partial charge is 0.481 e. The Balaban J connectivity index is 2.18. The van der Waals surface area contributed by atoms with Gasteiger partial charge in [0.05, 0.1) is 12.0 Å². The van der Waals surface area contributed by atoms with E-state index in [1.54, 1.807) is 23.1 Å². The number of hydrogen-bond donors (Lipinski definition) is 1. The van der Waals surface area contributed by atoms with E-state index in [4.69, 9.17) is 16.7 Å². The molecule has 0 saturated heterocycles. The van der Waals surface area contributed by atoms with Crippen molar-refractivity contribution >= 4 is 46.1 Å². The second-order valence-corrected chi connectivity index (χ2v) is 6.10. The monoisotopic (exact) mass is 393 g/mol. The van der Waals surface area contributed by atoms with Gasteiger partial charge in [-0.25, -0.2) is 0 Å². The molecule has 0 bridgehead atoms. The van der Waals surface area contributed by atoms with E-state index in [0.29, 0.717) is 10.6 Å². The molecule has 102 valence electrons. The van der Waals surface area contributed by atoms with Crippen molar-refractivity contribution in [3.63, 3.8) is 0 Å². The quantitative estimate of drug-likeness (QED) is 0.783. The number of carboxylic acid groups (broad SMARTS) is 1. The molecule has 0 unspecified atom stereocenters. The topological polar surface area (TPSA) is 57.6 Å². The number of nitrogens with zero attached hydrogens (tertiary/aromatic N) is 1. The number of halogens is 2. The first kappa shape index (κ1) is 14.6. The lowest BCUT2D eigenvalue weighted by atomic mass is 10.2. The van der Waals surface area contributed by atoms with Crippen LogP contribution in [0.1, 0.15) is 29.6 Å². The van der Waals surface area contributed by atoms with Gasteiger partial charge in [-0.3, -0.25) is 9.59 Å². The smallest absolute Gasteiger partial charge is 0.305 e. The molecule has 0 aromatic heterocycles. The van der Waals surface area contributed by atoms with Gasteiger partial charge in [-0.05, 0) is 53.6 Å². The minimum atomic E-state index is -0.890. The molecule has 1 amide bonds. The van der Waals surface area contributed by atoms with Crippen molar-refractivity contribution in [1.82, 2.24) is 4.90 Å². The molecule has 0 aliphatic heterocycles. The van der Waals surface area contributed by atoms with Crippen molar-refractivity contribution < 1.29 is 14.7 Å². The average molecular weight is 394 g/mol. The van der Waals surface area contributed by atoms with Crippen LogP contribution in [0.25, 0.3) is 0 Å². The molecule has 1 fully saturated rings. The van der Waals surface area contributed by atoms with Gasteiger partial charge in [-0.1, -0.05) is 11.6 Å². The molecule has 1 N–H and O–H groups in total. The van der Waals surface area contributed by atoms with Gasteiger partial charge < -0.3 is 10.0 Å². The van der Waals surface area contributed by atoms with Gasteiger partial charge in [0.25, 0.3) is 5.91 Å². The van der Waals surface area contributed by atoms with Crippen LogP contribution in [-0.2, 0) is 4.79 Å². The highest BCUT2D eigenvalue weighted by Crippen LogP contribution is 2.30. The van der Waals surface area contributed by atoms with Crippen LogP contribution in [0, 0.1) is 3.57 Å². The average Bonchev–Trinajstić information content (AvgIpc) is 3.16. The number of amides is 1. The zero-order valence-electron chi connectivity index (χ0n) is 10.1. The number of aliphatic carboxylic acids is 1. The van der Waals surface area contributed by atoms with Crippen LogP contribution >= 0.6 is 34.2 Å². The fourth-order valence-electron chi connectivity index (χ4n) is 1.87. The lowest BCUT2D eigenvalue weighted by molar-refractivity contribution is -0.137. The minimum Gasteiger partial charge on any atom is -0.481 e. The maximum absolute atomic E-state index is 12.5. The van der Waals surface area contributed by atoms with Crippen molar-refractivity contribution in [2.75, 3.05) is 6.54 Å². The normalized spacial score (nSPS) is 14.2. The Bertz CT molecular complexity index is 517. The third-order valence-electron chi connectivity index (χ3n) is 2.97. The fourth-order valence-corrected chi connectivity index (χ4v) is 2.61. The Morgan fingerprint density at radius 3 is 2.68 bits per heavy atom. The molecule has 1 aliphatic rings. The van der Waals surface area contributed by atoms with E-state index >= 15 is 0 Å². The summed E-state index contributed by atoms with van der Waals surface area (Å²) >= 11 is 8.01. The van der Waals surface area contributed by atoms with E-state index in [1.807, 2.05) is 0 Å². The van der Waals surface area contributed by atoms with Crippen molar-refractivity contribution in [3.8, 4) is 0 Å². The number of carbonyl (C=O) groups excluding carboxylic acids is 1. The van der Waals surface area contributed by atoms with Crippen molar-refractivity contribution in [3.05, 3.63) is 32.4 Å². The first-order valence-electron chi connectivity index (χ1n) is 5.97. The zero-order chi connectivity index (χ0) is 14.0. The van der Waals surface area contributed by atoms with E-state index in [2.05, 4.69) is 22.6 Å². The summed E-state index contributed by atoms with van der Waals surface area (Å²) in [4.78, 5) is 24.8. The van der Waals surface area contributed by atoms with E-state index in [0.717, 1.165) is 16.4 Å². The maximum atomic E-state index is 12.5. The summed E-state index contributed by atoms with van der Waals surface area (Å²) in [5.74, 6) is -1.02. The van der Waals surface area contributed by atoms with Crippen LogP contribution in [0.2, 0.25) is 5.02 Å². The molecule has 1 aromatic carbocycles. The van der Waals surface area contributed by atoms with Gasteiger partial charge in [-0.15, -0.1) is 0 Å². The molecular weight excluding hydrogens is 381 g/mol. The van der Waals surface area contributed by atoms with Crippen LogP contribution in [0.3, 0.4) is 0 Å². The van der Waals surface area contributed by atoms with Crippen LogP contribution in [-0.4, -0.2) is 34.5 Å². The highest BCUT2D eigenvalue weighted by atomic mass is 127. The standard InChI is InChI=1S/C13H13ClINO3/c14-8-1-4-11(15)10(7-8)13(19)16(9-2-3-9)6-5-12(17)18/h1,4,7,9H,2-3,5-6H2,(H,17,18). The first-order valence-corrected chi connectivity index (χ1v) is 7.42. The number of rotatable bonds is 5. The van der Waals surface area contributed by atoms with Gasteiger partial charge in [0.1, 0.15) is 0 Å². The van der Waals surface area contributed by atoms with E-state index in [1.165, 1.54) is 0 Å². The van der Waals surface area contributed by atoms with Gasteiger partial charge in [0.2, 0.25) is 0 Å². The van der Waals surface area contributed by atoms with Gasteiger partial charge in [0, 0.05) is 21.2 Å². The lowest BCUT2D eigenvalue weighted by Crippen LogP contribution is -2.35. The lowest BCUT2D eigenvalue weighted by Gasteiger charge is -2.22. The van der Waals surface area contributed by atoms with Crippen LogP contribution < -0.4 is 0 Å². The Labute approximate surface area is 129 Å². The summed E-state index contributed by atoms with van der Waals surface area (Å²) < 4.78 is 0.827. The summed E-state index contributed by atoms with van der Waals surface area (Å²) in [5.41, 5.74) is 0.547. The van der Waals surface area contributed by atoms with Crippen LogP contribution in [0.5, 0.6) is 0 Å². The third kappa shape index (κ3) is 3.82. The van der Waals surface area contributed by atoms with Gasteiger partial charge in [0.15, 0.2) is 0 Å². The number of carboxylic acids is 1. The third-order valence-corrected chi connectivity index (χ3v) is 4.15. The molecule has 1 aliphatic carbocycles. The van der Waals surface area contributed by atoms with E-state index < -0.39 is 5.97 Å². The summed E-state index contributed by atoms with van der Waals surface area (Å²) in [7, 11) is 0. The molecule has 6 heteroatoms. The summed E-state index contributed by atoms with van der Waals surface area (Å²) in [5, 5.41) is 9.27. The van der Waals surface area contributed by atoms with Crippen LogP contribution in [0.15, 0.2) is 18.2 Å². The second kappa shape index (κ2) is 6.09. The highest BCUT2D eigenvalue weighted by Gasteiger charge is 2.33. The van der Waals surface area contributed by atoms with Gasteiger partial charge >= 0.3 is 5.97 Å². The molecule has 0 spiro atoms. The second-order valence-electron chi connectivity index (χ2n) is 4.50. The number of benzene rings is 1. The Morgan fingerprint density at radius 1 is 1.42 bits per heavy atom. The Hall–Kier alpha value is -0.820. The van der Waals surface area contributed by atoms with Crippen LogP contribution in [0.4, 0.5) is 0 Å². The first-order chi connectivity index (χ1) is 8.99. The molecule has 0 radical (unpaired) electrons. The van der Waals surface area contributed by atoms with E-state index in [-0.39, 0.29) is 24.9 Å². The Kier molecular flexibility index (Phi) is 4.67. The molecule has 1 aromatic rings. The molecule has 19 heavy (non-hydrogen) atoms. The van der Waals surface area contributed by atoms with Crippen molar-refractivity contribution in [2.24, 2.45) is 0 Å². The zero-order valence-corrected chi connectivity index (χ0v) is 13.0. The Morgan fingerprint density at radius 2 is 2.11 bits per heavy atom.